The molecule has 0 amide bonds. The molecule has 2 aromatic carbocycles. The quantitative estimate of drug-likeness (QED) is 0.524. The zero-order valence-electron chi connectivity index (χ0n) is 19.6. The lowest BCUT2D eigenvalue weighted by Crippen LogP contribution is -2.47. The molecule has 0 N–H and O–H groups in total. The van der Waals surface area contributed by atoms with Crippen molar-refractivity contribution in [2.45, 2.75) is 25.9 Å². The molecule has 2 heterocycles. The number of carbonyl (C=O) groups is 2. The minimum atomic E-state index is -1.07. The summed E-state index contributed by atoms with van der Waals surface area (Å²) in [4.78, 5) is 29.8. The first-order valence-electron chi connectivity index (χ1n) is 11.5. The van der Waals surface area contributed by atoms with Gasteiger partial charge in [-0.2, -0.15) is 0 Å². The van der Waals surface area contributed by atoms with Crippen LogP contribution in [-0.4, -0.2) is 49.1 Å². The number of aromatic nitrogens is 1. The molecule has 1 aliphatic carbocycles. The van der Waals surface area contributed by atoms with Gasteiger partial charge in [-0.25, -0.2) is 0 Å². The van der Waals surface area contributed by atoms with E-state index in [-0.39, 0.29) is 19.2 Å². The summed E-state index contributed by atoms with van der Waals surface area (Å²) in [6.07, 6.45) is 3.31. The van der Waals surface area contributed by atoms with Crippen LogP contribution >= 0.6 is 0 Å². The number of aryl methyl sites for hydroxylation is 1. The number of carbonyl (C=O) groups excluding carboxylic acids is 2. The van der Waals surface area contributed by atoms with Gasteiger partial charge in [0.25, 0.3) is 0 Å². The maximum atomic E-state index is 12.0. The molecule has 1 saturated heterocycles. The summed E-state index contributed by atoms with van der Waals surface area (Å²) in [7, 11) is 0.590. The Morgan fingerprint density at radius 2 is 1.74 bits per heavy atom. The van der Waals surface area contributed by atoms with Crippen molar-refractivity contribution in [3.05, 3.63) is 77.6 Å². The van der Waals surface area contributed by atoms with E-state index in [2.05, 4.69) is 11.1 Å². The van der Waals surface area contributed by atoms with Crippen LogP contribution in [0, 0.1) is 6.92 Å². The Balaban J connectivity index is 1.28. The van der Waals surface area contributed by atoms with Crippen molar-refractivity contribution in [3.63, 3.8) is 0 Å². The van der Waals surface area contributed by atoms with E-state index < -0.39 is 19.1 Å². The van der Waals surface area contributed by atoms with Gasteiger partial charge in [-0.3, -0.25) is 19.5 Å². The monoisotopic (exact) mass is 472 g/mol. The Bertz CT molecular complexity index is 1230. The predicted octanol–water partition coefficient (Wildman–Crippen LogP) is 2.98. The van der Waals surface area contributed by atoms with Crippen molar-refractivity contribution in [2.24, 2.45) is 0 Å². The van der Waals surface area contributed by atoms with Gasteiger partial charge in [0.05, 0.1) is 13.1 Å². The lowest BCUT2D eigenvalue weighted by atomic mass is 9.78. The molecule has 0 radical (unpaired) electrons. The van der Waals surface area contributed by atoms with E-state index in [1.54, 1.807) is 42.4 Å². The van der Waals surface area contributed by atoms with Crippen molar-refractivity contribution in [2.75, 3.05) is 20.1 Å². The third-order valence-electron chi connectivity index (χ3n) is 5.97. The van der Waals surface area contributed by atoms with Crippen LogP contribution < -0.4 is 14.9 Å². The number of hydrogen-bond donors (Lipinski definition) is 0. The SMILES string of the molecule is Cc1cc(Oc2cccc3c2CC[C@H]3Oc2ccc(B3OC(=O)CN(C)CC(=O)O3)cc2)ccn1. The van der Waals surface area contributed by atoms with Gasteiger partial charge in [0.1, 0.15) is 23.4 Å². The highest BCUT2D eigenvalue weighted by molar-refractivity contribution is 6.64. The van der Waals surface area contributed by atoms with E-state index in [9.17, 15) is 9.59 Å². The van der Waals surface area contributed by atoms with Gasteiger partial charge in [-0.1, -0.05) is 24.3 Å². The van der Waals surface area contributed by atoms with E-state index in [0.717, 1.165) is 41.2 Å². The average Bonchev–Trinajstić information content (AvgIpc) is 3.22. The predicted molar refractivity (Wildman–Crippen MR) is 129 cm³/mol. The molecule has 0 saturated carbocycles. The van der Waals surface area contributed by atoms with Crippen LogP contribution in [0.5, 0.6) is 17.2 Å². The highest BCUT2D eigenvalue weighted by Gasteiger charge is 2.34. The fourth-order valence-corrected chi connectivity index (χ4v) is 4.35. The topological polar surface area (TPSA) is 87.2 Å². The van der Waals surface area contributed by atoms with Crippen molar-refractivity contribution < 1.29 is 28.4 Å². The zero-order chi connectivity index (χ0) is 24.4. The van der Waals surface area contributed by atoms with Crippen LogP contribution in [0.3, 0.4) is 0 Å². The second kappa shape index (κ2) is 9.80. The summed E-state index contributed by atoms with van der Waals surface area (Å²) in [5.74, 6) is 1.35. The number of ether oxygens (including phenoxy) is 2. The molecule has 0 bridgehead atoms. The fourth-order valence-electron chi connectivity index (χ4n) is 4.35. The van der Waals surface area contributed by atoms with Crippen LogP contribution in [0.1, 0.15) is 29.3 Å². The summed E-state index contributed by atoms with van der Waals surface area (Å²) in [6, 6.07) is 16.8. The van der Waals surface area contributed by atoms with Gasteiger partial charge >= 0.3 is 19.1 Å². The first-order chi connectivity index (χ1) is 16.9. The second-order valence-corrected chi connectivity index (χ2v) is 8.76. The van der Waals surface area contributed by atoms with Crippen molar-refractivity contribution >= 4 is 24.5 Å². The number of likely N-dealkylation sites (N-methyl/N-ethyl adjacent to an activating group) is 1. The number of pyridine rings is 1. The van der Waals surface area contributed by atoms with Crippen molar-refractivity contribution in [3.8, 4) is 17.2 Å². The summed E-state index contributed by atoms with van der Waals surface area (Å²) in [5, 5.41) is 0. The summed E-state index contributed by atoms with van der Waals surface area (Å²) >= 11 is 0. The number of hydrogen-bond acceptors (Lipinski definition) is 8. The molecule has 2 aliphatic rings. The number of fused-ring (bicyclic) bond motifs is 1. The highest BCUT2D eigenvalue weighted by Crippen LogP contribution is 2.40. The van der Waals surface area contributed by atoms with Gasteiger partial charge in [-0.15, -0.1) is 0 Å². The largest absolute Gasteiger partial charge is 0.636 e. The third kappa shape index (κ3) is 5.30. The molecule has 1 atom stereocenters. The van der Waals surface area contributed by atoms with Crippen LogP contribution in [0.25, 0.3) is 0 Å². The van der Waals surface area contributed by atoms with E-state index in [1.807, 2.05) is 31.2 Å². The number of nitrogens with zero attached hydrogens (tertiary/aromatic N) is 2. The van der Waals surface area contributed by atoms with Gasteiger partial charge in [0, 0.05) is 29.0 Å². The molecular formula is C26H25BN2O6. The van der Waals surface area contributed by atoms with Gasteiger partial charge < -0.3 is 18.8 Å². The molecule has 8 nitrogen and oxygen atoms in total. The van der Waals surface area contributed by atoms with E-state index >= 15 is 0 Å². The number of benzene rings is 2. The second-order valence-electron chi connectivity index (χ2n) is 8.76. The average molecular weight is 472 g/mol. The minimum Gasteiger partial charge on any atom is -0.494 e. The minimum absolute atomic E-state index is 0.0281. The van der Waals surface area contributed by atoms with Crippen LogP contribution in [0.4, 0.5) is 0 Å². The Hall–Kier alpha value is -3.85. The first-order valence-corrected chi connectivity index (χ1v) is 11.5. The fraction of sp³-hybridized carbons (Fsp3) is 0.269. The smallest absolute Gasteiger partial charge is 0.494 e. The summed E-state index contributed by atoms with van der Waals surface area (Å²) < 4.78 is 23.1. The first kappa shape index (κ1) is 22.9. The van der Waals surface area contributed by atoms with Gasteiger partial charge in [0.15, 0.2) is 0 Å². The van der Waals surface area contributed by atoms with E-state index in [4.69, 9.17) is 18.8 Å². The van der Waals surface area contributed by atoms with Crippen LogP contribution in [-0.2, 0) is 25.3 Å². The molecule has 0 spiro atoms. The molecular weight excluding hydrogens is 447 g/mol. The maximum absolute atomic E-state index is 12.0. The van der Waals surface area contributed by atoms with Crippen LogP contribution in [0.2, 0.25) is 0 Å². The molecule has 35 heavy (non-hydrogen) atoms. The summed E-state index contributed by atoms with van der Waals surface area (Å²) in [5.41, 5.74) is 3.71. The maximum Gasteiger partial charge on any atom is 0.636 e. The Morgan fingerprint density at radius 3 is 2.46 bits per heavy atom. The molecule has 178 valence electrons. The molecule has 1 fully saturated rings. The number of rotatable bonds is 5. The zero-order valence-corrected chi connectivity index (χ0v) is 19.6. The normalized spacial score (nSPS) is 18.2. The molecule has 5 rings (SSSR count). The van der Waals surface area contributed by atoms with Gasteiger partial charge in [-0.05, 0) is 56.6 Å². The molecule has 1 aromatic heterocycles. The van der Waals surface area contributed by atoms with E-state index in [0.29, 0.717) is 11.2 Å². The molecule has 0 unspecified atom stereocenters. The Labute approximate surface area is 203 Å². The van der Waals surface area contributed by atoms with Crippen molar-refractivity contribution in [1.29, 1.82) is 0 Å². The van der Waals surface area contributed by atoms with Crippen molar-refractivity contribution in [1.82, 2.24) is 9.88 Å². The lowest BCUT2D eigenvalue weighted by molar-refractivity contribution is -0.145. The highest BCUT2D eigenvalue weighted by atomic mass is 16.6. The molecule has 3 aromatic rings. The summed E-state index contributed by atoms with van der Waals surface area (Å²) in [6.45, 7) is 1.99. The Morgan fingerprint density at radius 1 is 1.00 bits per heavy atom. The van der Waals surface area contributed by atoms with Crippen LogP contribution in [0.15, 0.2) is 60.8 Å². The molecule has 1 aliphatic heterocycles. The molecule has 9 heteroatoms. The van der Waals surface area contributed by atoms with Gasteiger partial charge in [0.2, 0.25) is 0 Å². The standard InChI is InChI=1S/C26H25BN2O6/c1-17-14-20(12-13-28-17)33-23-5-3-4-21-22(23)10-11-24(21)32-19-8-6-18(7-9-19)27-34-25(30)15-29(2)16-26(31)35-27/h3-9,12-14,24H,10-11,15-16H2,1-2H3/t24-/m1/s1. The third-order valence-corrected chi connectivity index (χ3v) is 5.97. The Kier molecular flexibility index (Phi) is 6.42. The van der Waals surface area contributed by atoms with E-state index in [1.165, 1.54) is 0 Å². The lowest BCUT2D eigenvalue weighted by Gasteiger charge is -2.22.